The number of thioether (sulfide) groups is 1. The van der Waals surface area contributed by atoms with Gasteiger partial charge in [-0.2, -0.15) is 0 Å². The number of carbonyl (C=O) groups excluding carboxylic acids is 1. The van der Waals surface area contributed by atoms with Gasteiger partial charge in [0.05, 0.1) is 23.3 Å². The Morgan fingerprint density at radius 2 is 1.70 bits per heavy atom. The third-order valence-electron chi connectivity index (χ3n) is 4.62. The molecule has 3 aromatic carbocycles. The van der Waals surface area contributed by atoms with Gasteiger partial charge in [-0.15, -0.1) is 0 Å². The van der Waals surface area contributed by atoms with Crippen LogP contribution in [0.3, 0.4) is 0 Å². The maximum atomic E-state index is 12.5. The lowest BCUT2D eigenvalue weighted by Gasteiger charge is -2.14. The number of anilines is 1. The van der Waals surface area contributed by atoms with Gasteiger partial charge in [-0.05, 0) is 42.8 Å². The van der Waals surface area contributed by atoms with Gasteiger partial charge in [0.2, 0.25) is 5.91 Å². The molecular weight excluding hydrogens is 414 g/mol. The van der Waals surface area contributed by atoms with Gasteiger partial charge >= 0.3 is 0 Å². The molecule has 0 fully saturated rings. The average Bonchev–Trinajstić information content (AvgIpc) is 3.18. The van der Waals surface area contributed by atoms with Crippen molar-refractivity contribution in [1.82, 2.24) is 9.55 Å². The van der Waals surface area contributed by atoms with Crippen molar-refractivity contribution in [3.63, 3.8) is 0 Å². The first-order valence-electron chi connectivity index (χ1n) is 9.49. The summed E-state index contributed by atoms with van der Waals surface area (Å²) >= 11 is 7.31. The molecule has 0 bridgehead atoms. The van der Waals surface area contributed by atoms with E-state index in [0.29, 0.717) is 5.02 Å². The van der Waals surface area contributed by atoms with E-state index in [4.69, 9.17) is 11.6 Å². The Balaban J connectivity index is 1.60. The molecule has 0 aliphatic rings. The molecule has 1 aromatic heterocycles. The Morgan fingerprint density at radius 3 is 2.43 bits per heavy atom. The molecule has 0 atom stereocenters. The van der Waals surface area contributed by atoms with Crippen LogP contribution in [0.5, 0.6) is 0 Å². The Kier molecular flexibility index (Phi) is 6.21. The minimum atomic E-state index is -0.0945. The molecule has 4 aromatic rings. The van der Waals surface area contributed by atoms with Crippen LogP contribution < -0.4 is 5.32 Å². The molecular formula is C24H20ClN3OS. The molecule has 0 spiro atoms. The average molecular weight is 434 g/mol. The number of amides is 1. The van der Waals surface area contributed by atoms with Crippen molar-refractivity contribution < 1.29 is 4.79 Å². The van der Waals surface area contributed by atoms with E-state index < -0.39 is 0 Å². The molecule has 1 heterocycles. The van der Waals surface area contributed by atoms with Gasteiger partial charge in [-0.25, -0.2) is 4.98 Å². The number of aromatic nitrogens is 2. The van der Waals surface area contributed by atoms with E-state index in [2.05, 4.69) is 46.1 Å². The number of rotatable bonds is 6. The number of nitrogens with one attached hydrogen (secondary N) is 1. The fourth-order valence-electron chi connectivity index (χ4n) is 3.16. The van der Waals surface area contributed by atoms with Crippen LogP contribution in [0, 0.1) is 6.92 Å². The zero-order chi connectivity index (χ0) is 20.9. The molecule has 150 valence electrons. The summed E-state index contributed by atoms with van der Waals surface area (Å²) < 4.78 is 2.12. The predicted octanol–water partition coefficient (Wildman–Crippen LogP) is 6.23. The van der Waals surface area contributed by atoms with Crippen LogP contribution in [0.25, 0.3) is 16.9 Å². The fraction of sp³-hybridized carbons (Fsp3) is 0.0833. The van der Waals surface area contributed by atoms with Crippen molar-refractivity contribution in [3.8, 4) is 16.9 Å². The van der Waals surface area contributed by atoms with Crippen LogP contribution in [-0.2, 0) is 4.79 Å². The van der Waals surface area contributed by atoms with E-state index in [-0.39, 0.29) is 11.7 Å². The molecule has 4 nitrogen and oxygen atoms in total. The van der Waals surface area contributed by atoms with Crippen molar-refractivity contribution in [2.24, 2.45) is 0 Å². The quantitative estimate of drug-likeness (QED) is 0.366. The number of carbonyl (C=O) groups is 1. The normalized spacial score (nSPS) is 10.7. The van der Waals surface area contributed by atoms with Gasteiger partial charge < -0.3 is 5.32 Å². The smallest absolute Gasteiger partial charge is 0.234 e. The highest BCUT2D eigenvalue weighted by atomic mass is 35.5. The van der Waals surface area contributed by atoms with Crippen LogP contribution >= 0.6 is 23.4 Å². The first kappa shape index (κ1) is 20.3. The van der Waals surface area contributed by atoms with Crippen molar-refractivity contribution >= 4 is 35.0 Å². The van der Waals surface area contributed by atoms with Gasteiger partial charge in [0.25, 0.3) is 0 Å². The molecule has 6 heteroatoms. The monoisotopic (exact) mass is 433 g/mol. The highest BCUT2D eigenvalue weighted by molar-refractivity contribution is 7.99. The minimum Gasteiger partial charge on any atom is -0.325 e. The molecule has 0 radical (unpaired) electrons. The summed E-state index contributed by atoms with van der Waals surface area (Å²) in [6, 6.07) is 25.4. The van der Waals surface area contributed by atoms with Crippen molar-refractivity contribution in [2.45, 2.75) is 12.1 Å². The minimum absolute atomic E-state index is 0.0945. The summed E-state index contributed by atoms with van der Waals surface area (Å²) in [7, 11) is 0. The number of para-hydroxylation sites is 1. The SMILES string of the molecule is Cc1ccccc1-n1c(-c2ccccc2)cnc1SCC(=O)Nc1ccc(Cl)cc1. The number of hydrogen-bond donors (Lipinski definition) is 1. The largest absolute Gasteiger partial charge is 0.325 e. The molecule has 0 saturated carbocycles. The zero-order valence-corrected chi connectivity index (χ0v) is 18.0. The van der Waals surface area contributed by atoms with Crippen LogP contribution in [0.2, 0.25) is 5.02 Å². The van der Waals surface area contributed by atoms with Crippen molar-refractivity contribution in [2.75, 3.05) is 11.1 Å². The van der Waals surface area contributed by atoms with Gasteiger partial charge in [-0.3, -0.25) is 9.36 Å². The predicted molar refractivity (Wildman–Crippen MR) is 125 cm³/mol. The first-order chi connectivity index (χ1) is 14.6. The summed E-state index contributed by atoms with van der Waals surface area (Å²) in [5, 5.41) is 4.30. The number of nitrogens with zero attached hydrogens (tertiary/aromatic N) is 2. The van der Waals surface area contributed by atoms with E-state index in [9.17, 15) is 4.79 Å². The summed E-state index contributed by atoms with van der Waals surface area (Å²) in [5.41, 5.74) is 4.98. The lowest BCUT2D eigenvalue weighted by Crippen LogP contribution is -2.14. The third-order valence-corrected chi connectivity index (χ3v) is 5.82. The zero-order valence-electron chi connectivity index (χ0n) is 16.4. The molecule has 0 unspecified atom stereocenters. The molecule has 1 N–H and O–H groups in total. The van der Waals surface area contributed by atoms with E-state index >= 15 is 0 Å². The lowest BCUT2D eigenvalue weighted by atomic mass is 10.1. The number of benzene rings is 3. The second-order valence-electron chi connectivity index (χ2n) is 6.76. The molecule has 1 amide bonds. The topological polar surface area (TPSA) is 46.9 Å². The van der Waals surface area contributed by atoms with Crippen LogP contribution in [0.15, 0.2) is 90.2 Å². The maximum absolute atomic E-state index is 12.5. The number of halogens is 1. The Morgan fingerprint density at radius 1 is 1.00 bits per heavy atom. The van der Waals surface area contributed by atoms with Gasteiger partial charge in [0.1, 0.15) is 0 Å². The second-order valence-corrected chi connectivity index (χ2v) is 8.14. The third kappa shape index (κ3) is 4.58. The maximum Gasteiger partial charge on any atom is 0.234 e. The summed E-state index contributed by atoms with van der Waals surface area (Å²) in [6.07, 6.45) is 1.86. The van der Waals surface area contributed by atoms with Crippen LogP contribution in [0.1, 0.15) is 5.56 Å². The number of hydrogen-bond acceptors (Lipinski definition) is 3. The molecule has 4 rings (SSSR count). The van der Waals surface area contributed by atoms with Crippen molar-refractivity contribution in [3.05, 3.63) is 95.6 Å². The van der Waals surface area contributed by atoms with E-state index in [1.54, 1.807) is 24.3 Å². The highest BCUT2D eigenvalue weighted by Gasteiger charge is 2.16. The lowest BCUT2D eigenvalue weighted by molar-refractivity contribution is -0.113. The van der Waals surface area contributed by atoms with Crippen LogP contribution in [-0.4, -0.2) is 21.2 Å². The Hall–Kier alpha value is -3.02. The fourth-order valence-corrected chi connectivity index (χ4v) is 4.07. The van der Waals surface area contributed by atoms with Crippen LogP contribution in [0.4, 0.5) is 5.69 Å². The Bertz CT molecular complexity index is 1160. The molecule has 0 aliphatic heterocycles. The second kappa shape index (κ2) is 9.20. The van der Waals surface area contributed by atoms with E-state index in [0.717, 1.165) is 33.4 Å². The highest BCUT2D eigenvalue weighted by Crippen LogP contribution is 2.31. The first-order valence-corrected chi connectivity index (χ1v) is 10.9. The Labute approximate surface area is 184 Å². The van der Waals surface area contributed by atoms with Gasteiger partial charge in [0.15, 0.2) is 5.16 Å². The van der Waals surface area contributed by atoms with Gasteiger partial charge in [0, 0.05) is 16.3 Å². The number of aryl methyl sites for hydroxylation is 1. The molecule has 0 aliphatic carbocycles. The summed E-state index contributed by atoms with van der Waals surface area (Å²) in [5.74, 6) is 0.155. The number of imidazole rings is 1. The standard InChI is InChI=1S/C24H20ClN3OS/c1-17-7-5-6-10-21(17)28-22(18-8-3-2-4-9-18)15-26-24(28)30-16-23(29)27-20-13-11-19(25)12-14-20/h2-15H,16H2,1H3,(H,27,29). The van der Waals surface area contributed by atoms with Gasteiger partial charge in [-0.1, -0.05) is 71.9 Å². The summed E-state index contributed by atoms with van der Waals surface area (Å²) in [6.45, 7) is 2.08. The van der Waals surface area contributed by atoms with E-state index in [1.165, 1.54) is 11.8 Å². The summed E-state index contributed by atoms with van der Waals surface area (Å²) in [4.78, 5) is 17.1. The van der Waals surface area contributed by atoms with Crippen molar-refractivity contribution in [1.29, 1.82) is 0 Å². The molecule has 0 saturated heterocycles. The molecule has 30 heavy (non-hydrogen) atoms. The van der Waals surface area contributed by atoms with E-state index in [1.807, 2.05) is 36.5 Å².